The van der Waals surface area contributed by atoms with Crippen molar-refractivity contribution in [2.45, 2.75) is 149 Å². The van der Waals surface area contributed by atoms with E-state index in [2.05, 4.69) is 27.7 Å². The van der Waals surface area contributed by atoms with Crippen molar-refractivity contribution < 1.29 is 9.47 Å². The van der Waals surface area contributed by atoms with Gasteiger partial charge in [-0.1, -0.05) is 124 Å². The molecule has 2 nitrogen and oxygen atoms in total. The normalized spacial score (nSPS) is 13.7. The van der Waals surface area contributed by atoms with E-state index in [-0.39, 0.29) is 0 Å². The van der Waals surface area contributed by atoms with Crippen LogP contribution in [0, 0.1) is 5.92 Å². The van der Waals surface area contributed by atoms with Crippen molar-refractivity contribution >= 4 is 0 Å². The van der Waals surface area contributed by atoms with E-state index in [4.69, 9.17) is 9.47 Å². The maximum atomic E-state index is 5.84. The molecule has 0 bridgehead atoms. The summed E-state index contributed by atoms with van der Waals surface area (Å²) in [4.78, 5) is 0. The van der Waals surface area contributed by atoms with Crippen molar-refractivity contribution in [1.29, 1.82) is 0 Å². The SMILES string of the molecule is CCCCOC(CC)COCCCCCCCCCCCCCCCC(C)CC. The van der Waals surface area contributed by atoms with Gasteiger partial charge in [0.15, 0.2) is 0 Å². The van der Waals surface area contributed by atoms with Crippen LogP contribution in [0.25, 0.3) is 0 Å². The first-order chi connectivity index (χ1) is 14.2. The smallest absolute Gasteiger partial charge is 0.0805 e. The van der Waals surface area contributed by atoms with Gasteiger partial charge in [-0.05, 0) is 25.2 Å². The summed E-state index contributed by atoms with van der Waals surface area (Å²) in [6.07, 6.45) is 24.9. The zero-order chi connectivity index (χ0) is 21.4. The molecule has 0 aromatic heterocycles. The second-order valence-corrected chi connectivity index (χ2v) is 9.23. The van der Waals surface area contributed by atoms with Crippen LogP contribution in [-0.2, 0) is 9.47 Å². The van der Waals surface area contributed by atoms with E-state index in [9.17, 15) is 0 Å². The number of ether oxygens (including phenoxy) is 2. The molecule has 2 unspecified atom stereocenters. The quantitative estimate of drug-likeness (QED) is 0.147. The van der Waals surface area contributed by atoms with Crippen LogP contribution in [0.2, 0.25) is 0 Å². The van der Waals surface area contributed by atoms with Crippen LogP contribution >= 0.6 is 0 Å². The molecule has 0 aromatic rings. The number of hydrogen-bond acceptors (Lipinski definition) is 2. The molecule has 0 spiro atoms. The second kappa shape index (κ2) is 24.2. The number of rotatable bonds is 24. The van der Waals surface area contributed by atoms with Gasteiger partial charge in [0.25, 0.3) is 0 Å². The van der Waals surface area contributed by atoms with Crippen molar-refractivity contribution in [2.75, 3.05) is 19.8 Å². The Balaban J connectivity index is 3.16. The summed E-state index contributed by atoms with van der Waals surface area (Å²) >= 11 is 0. The Morgan fingerprint density at radius 2 is 1.07 bits per heavy atom. The van der Waals surface area contributed by atoms with Crippen molar-refractivity contribution in [3.05, 3.63) is 0 Å². The molecular formula is C27H56O2. The minimum absolute atomic E-state index is 0.298. The summed E-state index contributed by atoms with van der Waals surface area (Å²) in [6.45, 7) is 11.7. The minimum atomic E-state index is 0.298. The fourth-order valence-corrected chi connectivity index (χ4v) is 3.74. The molecule has 0 radical (unpaired) electrons. The van der Waals surface area contributed by atoms with Crippen LogP contribution in [0.15, 0.2) is 0 Å². The highest BCUT2D eigenvalue weighted by Crippen LogP contribution is 2.15. The highest BCUT2D eigenvalue weighted by atomic mass is 16.5. The number of hydrogen-bond donors (Lipinski definition) is 0. The van der Waals surface area contributed by atoms with E-state index >= 15 is 0 Å². The van der Waals surface area contributed by atoms with Crippen molar-refractivity contribution in [2.24, 2.45) is 5.92 Å². The molecule has 0 saturated heterocycles. The molecular weight excluding hydrogens is 356 g/mol. The molecule has 0 aliphatic carbocycles. The maximum Gasteiger partial charge on any atom is 0.0805 e. The summed E-state index contributed by atoms with van der Waals surface area (Å²) in [5.74, 6) is 0.936. The summed E-state index contributed by atoms with van der Waals surface area (Å²) < 4.78 is 11.7. The van der Waals surface area contributed by atoms with Gasteiger partial charge in [-0.3, -0.25) is 0 Å². The van der Waals surface area contributed by atoms with E-state index in [1.54, 1.807) is 0 Å². The Kier molecular flexibility index (Phi) is 24.1. The summed E-state index contributed by atoms with van der Waals surface area (Å²) in [5.41, 5.74) is 0. The largest absolute Gasteiger partial charge is 0.379 e. The molecule has 0 N–H and O–H groups in total. The van der Waals surface area contributed by atoms with Crippen molar-refractivity contribution in [1.82, 2.24) is 0 Å². The van der Waals surface area contributed by atoms with Crippen molar-refractivity contribution in [3.63, 3.8) is 0 Å². The summed E-state index contributed by atoms with van der Waals surface area (Å²) in [5, 5.41) is 0. The van der Waals surface area contributed by atoms with Gasteiger partial charge in [-0.2, -0.15) is 0 Å². The zero-order valence-corrected chi connectivity index (χ0v) is 20.8. The molecule has 2 heteroatoms. The third-order valence-electron chi connectivity index (χ3n) is 6.29. The molecule has 0 saturated carbocycles. The van der Waals surface area contributed by atoms with Crippen LogP contribution in [-0.4, -0.2) is 25.9 Å². The Hall–Kier alpha value is -0.0800. The van der Waals surface area contributed by atoms with E-state index in [1.807, 2.05) is 0 Å². The Labute approximate surface area is 184 Å². The van der Waals surface area contributed by atoms with Gasteiger partial charge in [0.05, 0.1) is 12.7 Å². The molecule has 0 fully saturated rings. The van der Waals surface area contributed by atoms with E-state index in [0.29, 0.717) is 6.10 Å². The first-order valence-electron chi connectivity index (χ1n) is 13.4. The summed E-state index contributed by atoms with van der Waals surface area (Å²) in [7, 11) is 0. The van der Waals surface area contributed by atoms with Gasteiger partial charge in [0.2, 0.25) is 0 Å². The molecule has 0 heterocycles. The van der Waals surface area contributed by atoms with Crippen molar-refractivity contribution in [3.8, 4) is 0 Å². The highest BCUT2D eigenvalue weighted by Gasteiger charge is 2.06. The summed E-state index contributed by atoms with van der Waals surface area (Å²) in [6, 6.07) is 0. The average molecular weight is 413 g/mol. The molecule has 0 rings (SSSR count). The molecule has 2 atom stereocenters. The van der Waals surface area contributed by atoms with Crippen LogP contribution in [0.5, 0.6) is 0 Å². The minimum Gasteiger partial charge on any atom is -0.379 e. The van der Waals surface area contributed by atoms with E-state index in [0.717, 1.165) is 38.6 Å². The Bertz CT molecular complexity index is 292. The molecule has 0 amide bonds. The predicted molar refractivity (Wildman–Crippen MR) is 130 cm³/mol. The van der Waals surface area contributed by atoms with Gasteiger partial charge >= 0.3 is 0 Å². The molecule has 176 valence electrons. The van der Waals surface area contributed by atoms with Crippen LogP contribution in [0.3, 0.4) is 0 Å². The van der Waals surface area contributed by atoms with Crippen LogP contribution < -0.4 is 0 Å². The monoisotopic (exact) mass is 412 g/mol. The van der Waals surface area contributed by atoms with E-state index < -0.39 is 0 Å². The Morgan fingerprint density at radius 3 is 1.55 bits per heavy atom. The second-order valence-electron chi connectivity index (χ2n) is 9.23. The first-order valence-corrected chi connectivity index (χ1v) is 13.4. The third-order valence-corrected chi connectivity index (χ3v) is 6.29. The number of unbranched alkanes of at least 4 members (excludes halogenated alkanes) is 13. The lowest BCUT2D eigenvalue weighted by Crippen LogP contribution is -2.20. The Morgan fingerprint density at radius 1 is 0.552 bits per heavy atom. The highest BCUT2D eigenvalue weighted by molar-refractivity contribution is 4.55. The third kappa shape index (κ3) is 22.4. The molecule has 0 aliphatic rings. The molecule has 29 heavy (non-hydrogen) atoms. The fraction of sp³-hybridized carbons (Fsp3) is 1.00. The average Bonchev–Trinajstić information content (AvgIpc) is 2.74. The maximum absolute atomic E-state index is 5.84. The van der Waals surface area contributed by atoms with E-state index in [1.165, 1.54) is 103 Å². The van der Waals surface area contributed by atoms with Crippen LogP contribution in [0.4, 0.5) is 0 Å². The lowest BCUT2D eigenvalue weighted by atomic mass is 9.99. The molecule has 0 aromatic carbocycles. The predicted octanol–water partition coefficient (Wildman–Crippen LogP) is 9.11. The fourth-order valence-electron chi connectivity index (χ4n) is 3.74. The molecule has 0 aliphatic heterocycles. The van der Waals surface area contributed by atoms with Crippen LogP contribution in [0.1, 0.15) is 143 Å². The van der Waals surface area contributed by atoms with Gasteiger partial charge in [0, 0.05) is 13.2 Å². The van der Waals surface area contributed by atoms with Gasteiger partial charge < -0.3 is 9.47 Å². The lowest BCUT2D eigenvalue weighted by Gasteiger charge is -2.16. The topological polar surface area (TPSA) is 18.5 Å². The van der Waals surface area contributed by atoms with Gasteiger partial charge in [-0.25, -0.2) is 0 Å². The zero-order valence-electron chi connectivity index (χ0n) is 20.8. The standard InChI is InChI=1S/C27H56O2/c1-5-8-24-29-27(7-3)25-28-23-21-19-17-15-13-11-9-10-12-14-16-18-20-22-26(4)6-2/h26-27H,5-25H2,1-4H3. The lowest BCUT2D eigenvalue weighted by molar-refractivity contribution is -0.0197. The van der Waals surface area contributed by atoms with Gasteiger partial charge in [-0.15, -0.1) is 0 Å². The van der Waals surface area contributed by atoms with Gasteiger partial charge in [0.1, 0.15) is 0 Å². The first kappa shape index (κ1) is 28.9.